The van der Waals surface area contributed by atoms with Crippen LogP contribution in [0.25, 0.3) is 33.4 Å². The summed E-state index contributed by atoms with van der Waals surface area (Å²) in [6, 6.07) is 9.78. The molecule has 6 aliphatic rings. The predicted octanol–water partition coefficient (Wildman–Crippen LogP) is 7.01. The molecule has 2 aromatic carbocycles. The molecular formula is C91H132N12O22. The number of aliphatic hydroxyl groups is 4. The van der Waals surface area contributed by atoms with Crippen molar-refractivity contribution in [2.45, 2.75) is 211 Å². The van der Waals surface area contributed by atoms with Gasteiger partial charge in [0.1, 0.15) is 53.8 Å². The third-order valence-corrected chi connectivity index (χ3v) is 25.1. The summed E-state index contributed by atoms with van der Waals surface area (Å²) in [4.78, 5) is 104. The molecule has 3 aromatic heterocycles. The van der Waals surface area contributed by atoms with Crippen molar-refractivity contribution >= 4 is 69.4 Å². The molecular weight excluding hydrogens is 1610 g/mol. The van der Waals surface area contributed by atoms with Crippen molar-refractivity contribution in [3.63, 3.8) is 0 Å². The smallest absolute Gasteiger partial charge is 0.410 e. The average Bonchev–Trinajstić information content (AvgIpc) is 1.64. The number of carbonyl (C=O) groups excluding carboxylic acids is 6. The highest BCUT2D eigenvalue weighted by Gasteiger charge is 2.53. The van der Waals surface area contributed by atoms with Gasteiger partial charge in [-0.05, 0) is 142 Å². The fourth-order valence-corrected chi connectivity index (χ4v) is 17.5. The maximum atomic E-state index is 14.7. The first-order valence-corrected chi connectivity index (χ1v) is 44.4. The maximum Gasteiger partial charge on any atom is 0.410 e. The van der Waals surface area contributed by atoms with Gasteiger partial charge in [0.2, 0.25) is 11.7 Å². The van der Waals surface area contributed by atoms with Gasteiger partial charge in [-0.15, -0.1) is 0 Å². The highest BCUT2D eigenvalue weighted by Crippen LogP contribution is 2.39. The van der Waals surface area contributed by atoms with Gasteiger partial charge in [-0.3, -0.25) is 24.1 Å². The first-order valence-electron chi connectivity index (χ1n) is 44.4. The summed E-state index contributed by atoms with van der Waals surface area (Å²) in [6.07, 6.45) is 9.24. The summed E-state index contributed by atoms with van der Waals surface area (Å²) in [5, 5.41) is 52.3. The van der Waals surface area contributed by atoms with E-state index in [0.29, 0.717) is 217 Å². The number of benzene rings is 2. The molecule has 1 aliphatic carbocycles. The van der Waals surface area contributed by atoms with Crippen molar-refractivity contribution < 1.29 is 106 Å². The van der Waals surface area contributed by atoms with E-state index in [1.165, 1.54) is 11.9 Å². The van der Waals surface area contributed by atoms with Gasteiger partial charge in [0.15, 0.2) is 17.0 Å². The van der Waals surface area contributed by atoms with E-state index in [1.54, 1.807) is 59.0 Å². The minimum atomic E-state index is -2.50. The van der Waals surface area contributed by atoms with Gasteiger partial charge in [-0.1, -0.05) is 82.4 Å². The first-order chi connectivity index (χ1) is 60.2. The third-order valence-electron chi connectivity index (χ3n) is 25.1. The SMILES string of the molecule is CO[C@H]1C[C@@H]2CC[C@@H](C)[C@@](O)(O2)C(=O)C(=O)N2CCCC[C@H]2C(=O)O[C@H]([C@H](N)C[C@@H]2CC[C@@H](OC(=O)N3CCN(CCOCCOCCOCCOCCOCCOCCC(=O)N4CCc5cc(Cn6nc(-c7ccc8oc(N)nc8c7)c7c(N)ncnc76)ccc5C4)CC3)[C@H](OC)C2)C[C@@H](O)[C@H](C)/C=C(\C)[C@@H](O)[C@@H](O)C(=O)[C@H](C)C[C@H](C)/C=C/C=C/C=C/1C. The number of piperidine rings is 1. The Morgan fingerprint density at radius 3 is 2.10 bits per heavy atom. The molecule has 5 aliphatic heterocycles. The van der Waals surface area contributed by atoms with Crippen LogP contribution in [0.2, 0.25) is 0 Å². The van der Waals surface area contributed by atoms with Crippen LogP contribution >= 0.6 is 0 Å². The van der Waals surface area contributed by atoms with Crippen LogP contribution in [-0.4, -0.2) is 306 Å². The number of piperazine rings is 1. The van der Waals surface area contributed by atoms with E-state index in [-0.39, 0.29) is 68.0 Å². The number of hydrogen-bond donors (Lipinski definition) is 7. The number of rotatable bonds is 30. The second kappa shape index (κ2) is 47.5. The maximum absolute atomic E-state index is 14.7. The molecule has 2 bridgehead atoms. The van der Waals surface area contributed by atoms with Gasteiger partial charge in [0.25, 0.3) is 17.7 Å². The molecule has 3 amide bonds. The standard InChI is InChI=1S/C91H132N12O22/c1-57-14-10-9-11-15-58(2)75(114-7)52-68-22-17-62(6)91(113,125-68)84(109)87(110)102-27-13-12-16-71(102)88(111)122-76(53-72(104)59(3)47-61(5)82(107)83(108)81(106)60(4)46-57)69(92)49-63-19-23-74(77(50-63)115-8)124-90(112)100-31-29-99(30-32-100)33-35-117-37-39-119-41-43-121-45-44-120-42-40-118-38-36-116-34-26-78(105)101-28-25-65-48-64(18-20-67(65)55-101)54-103-86-79(85(93)95-56-96-86)80(98-103)66-21-24-73-70(51-66)97-89(94)123-73/h9-11,14-15,18,20-21,24,47-48,51,56-57,59-60,62-63,68-69,71-72,74-77,82-83,104,107-108,113H,12-13,16-17,19,22-23,25-46,49-50,52-55,92H2,1-8H3,(H2,94,97)(H2,93,95,96)/b11-9+,14-10+,58-15+,61-47+/t57-,59-,60-,62-,63+,68+,69-,71+,72-,74-,75+,76+,77-,82-,83+,91-/m1/s1. The number of nitrogen functional groups attached to an aromatic ring is 2. The summed E-state index contributed by atoms with van der Waals surface area (Å²) in [5.41, 5.74) is 26.9. The molecule has 1 saturated carbocycles. The lowest BCUT2D eigenvalue weighted by molar-refractivity contribution is -0.265. The number of ketones is 2. The molecule has 0 unspecified atom stereocenters. The van der Waals surface area contributed by atoms with Crippen LogP contribution in [0, 0.1) is 29.6 Å². The van der Waals surface area contributed by atoms with Crippen LogP contribution in [0.5, 0.6) is 0 Å². The molecule has 11 rings (SSSR count). The summed E-state index contributed by atoms with van der Waals surface area (Å²) in [5.74, 6) is -8.06. The zero-order valence-electron chi connectivity index (χ0n) is 73.8. The first kappa shape index (κ1) is 97.1. The number of allylic oxidation sites excluding steroid dienone is 5. The van der Waals surface area contributed by atoms with E-state index in [1.807, 2.05) is 65.9 Å². The van der Waals surface area contributed by atoms with Crippen molar-refractivity contribution in [3.8, 4) is 11.3 Å². The van der Waals surface area contributed by atoms with Gasteiger partial charge in [-0.2, -0.15) is 10.1 Å². The Morgan fingerprint density at radius 2 is 1.40 bits per heavy atom. The minimum Gasteiger partial charge on any atom is -0.459 e. The topological polar surface area (TPSA) is 446 Å². The Morgan fingerprint density at radius 1 is 0.696 bits per heavy atom. The third kappa shape index (κ3) is 26.8. The zero-order valence-corrected chi connectivity index (χ0v) is 73.8. The van der Waals surface area contributed by atoms with Gasteiger partial charge < -0.3 is 109 Å². The number of aliphatic hydroxyl groups excluding tert-OH is 3. The van der Waals surface area contributed by atoms with E-state index in [4.69, 9.17) is 78.8 Å². The Labute approximate surface area is 731 Å². The lowest BCUT2D eigenvalue weighted by atomic mass is 9.80. The number of aromatic nitrogens is 5. The number of carbonyl (C=O) groups is 6. The Balaban J connectivity index is 0.539. The van der Waals surface area contributed by atoms with Crippen LogP contribution in [0.4, 0.5) is 16.6 Å². The lowest BCUT2D eigenvalue weighted by Gasteiger charge is -2.43. The molecule has 5 aromatic rings. The number of oxazole rings is 1. The van der Waals surface area contributed by atoms with Crippen molar-refractivity contribution in [2.24, 2.45) is 35.3 Å². The second-order valence-corrected chi connectivity index (χ2v) is 34.2. The number of ether oxygens (including phenoxy) is 11. The van der Waals surface area contributed by atoms with Crippen LogP contribution in [0.3, 0.4) is 0 Å². The number of esters is 1. The number of anilines is 2. The predicted molar refractivity (Wildman–Crippen MR) is 464 cm³/mol. The van der Waals surface area contributed by atoms with Crippen molar-refractivity contribution in [1.29, 1.82) is 0 Å². The molecule has 16 atom stereocenters. The zero-order chi connectivity index (χ0) is 89.3. The second-order valence-electron chi connectivity index (χ2n) is 34.2. The molecule has 3 saturated heterocycles. The average molecular weight is 1750 g/mol. The quantitative estimate of drug-likeness (QED) is 0.0105. The largest absolute Gasteiger partial charge is 0.459 e. The number of nitrogens with two attached hydrogens (primary N) is 3. The molecule has 688 valence electrons. The molecule has 10 N–H and O–H groups in total. The number of hydrogen-bond acceptors (Lipinski definition) is 30. The van der Waals surface area contributed by atoms with Gasteiger partial charge in [-0.25, -0.2) is 24.2 Å². The fourth-order valence-electron chi connectivity index (χ4n) is 17.5. The number of methoxy groups -OCH3 is 2. The molecule has 8 heterocycles. The minimum absolute atomic E-state index is 0.0219. The molecule has 0 spiro atoms. The number of fused-ring (bicyclic) bond motifs is 6. The van der Waals surface area contributed by atoms with Crippen molar-refractivity contribution in [1.82, 2.24) is 44.3 Å². The Bertz CT molecular complexity index is 4490. The number of amides is 3. The van der Waals surface area contributed by atoms with Crippen LogP contribution < -0.4 is 17.2 Å². The Kier molecular flexibility index (Phi) is 36.9. The van der Waals surface area contributed by atoms with E-state index in [9.17, 15) is 49.2 Å². The summed E-state index contributed by atoms with van der Waals surface area (Å²) >= 11 is 0. The van der Waals surface area contributed by atoms with E-state index >= 15 is 0 Å². The number of nitrogens with zero attached hydrogens (tertiary/aromatic N) is 9. The Hall–Kier alpha value is -8.56. The van der Waals surface area contributed by atoms with Crippen LogP contribution in [0.15, 0.2) is 94.7 Å². The monoisotopic (exact) mass is 1740 g/mol. The highest BCUT2D eigenvalue weighted by molar-refractivity contribution is 6.39. The van der Waals surface area contributed by atoms with Gasteiger partial charge in [0, 0.05) is 109 Å². The van der Waals surface area contributed by atoms with Crippen molar-refractivity contribution in [3.05, 3.63) is 107 Å². The molecule has 0 radical (unpaired) electrons. The highest BCUT2D eigenvalue weighted by atomic mass is 16.6. The summed E-state index contributed by atoms with van der Waals surface area (Å²) in [6.45, 7) is 19.7. The number of Topliss-reactive ketones (excluding diaryl/α,β-unsaturated/α-hetero) is 2. The van der Waals surface area contributed by atoms with E-state index < -0.39 is 114 Å². The fraction of sp³-hybridized carbons (Fsp3) is 0.648. The lowest BCUT2D eigenvalue weighted by Crippen LogP contribution is -2.61. The van der Waals surface area contributed by atoms with Crippen LogP contribution in [0.1, 0.15) is 142 Å². The summed E-state index contributed by atoms with van der Waals surface area (Å²) in [7, 11) is 3.12. The summed E-state index contributed by atoms with van der Waals surface area (Å²) < 4.78 is 72.1. The van der Waals surface area contributed by atoms with E-state index in [0.717, 1.165) is 33.6 Å². The molecule has 34 nitrogen and oxygen atoms in total. The normalized spacial score (nSPS) is 28.8. The molecule has 34 heteroatoms. The molecule has 125 heavy (non-hydrogen) atoms. The van der Waals surface area contributed by atoms with E-state index in [2.05, 4.69) is 38.1 Å². The number of cyclic esters (lactones) is 1. The van der Waals surface area contributed by atoms with Gasteiger partial charge >= 0.3 is 12.1 Å². The van der Waals surface area contributed by atoms with Crippen LogP contribution in [-0.2, 0) is 95.6 Å². The van der Waals surface area contributed by atoms with Crippen molar-refractivity contribution in [2.75, 3.05) is 151 Å². The van der Waals surface area contributed by atoms with Gasteiger partial charge in [0.05, 0.1) is 122 Å². The molecule has 4 fully saturated rings.